The largest absolute Gasteiger partial charge is 0.286 e. The molecule has 0 N–H and O–H groups in total. The van der Waals surface area contributed by atoms with Gasteiger partial charge in [-0.05, 0) is 49.8 Å². The van der Waals surface area contributed by atoms with Crippen LogP contribution in [0.2, 0.25) is 0 Å². The molecule has 0 aliphatic rings. The van der Waals surface area contributed by atoms with Gasteiger partial charge in [0.15, 0.2) is 0 Å². The molecule has 5 aromatic rings. The Morgan fingerprint density at radius 3 is 2.00 bits per heavy atom. The summed E-state index contributed by atoms with van der Waals surface area (Å²) in [4.78, 5) is 24.1. The van der Waals surface area contributed by atoms with Crippen molar-refractivity contribution < 1.29 is 0 Å². The van der Waals surface area contributed by atoms with Crippen molar-refractivity contribution in [1.29, 1.82) is 0 Å². The Bertz CT molecular complexity index is 1290. The van der Waals surface area contributed by atoms with E-state index in [1.165, 1.54) is 6.07 Å². The summed E-state index contributed by atoms with van der Waals surface area (Å²) >= 11 is 0. The van der Waals surface area contributed by atoms with Gasteiger partial charge in [0, 0.05) is 5.39 Å². The maximum atomic E-state index is 12.4. The lowest BCUT2D eigenvalue weighted by Crippen LogP contribution is -2.22. The molecule has 2 nitrogen and oxygen atoms in total. The Balaban J connectivity index is 2.26. The van der Waals surface area contributed by atoms with Crippen LogP contribution in [0.25, 0.3) is 43.1 Å². The molecular weight excluding hydrogens is 272 g/mol. The van der Waals surface area contributed by atoms with Gasteiger partial charge in [0.2, 0.25) is 10.9 Å². The number of rotatable bonds is 0. The van der Waals surface area contributed by atoms with Gasteiger partial charge in [0.25, 0.3) is 0 Å². The van der Waals surface area contributed by atoms with Gasteiger partial charge in [-0.15, -0.1) is 0 Å². The second-order valence-corrected chi connectivity index (χ2v) is 5.72. The average molecular weight is 282 g/mol. The van der Waals surface area contributed by atoms with Gasteiger partial charge < -0.3 is 0 Å². The van der Waals surface area contributed by atoms with Crippen molar-refractivity contribution in [2.45, 2.75) is 0 Å². The quantitative estimate of drug-likeness (QED) is 0.245. The van der Waals surface area contributed by atoms with Gasteiger partial charge in [0.1, 0.15) is 0 Å². The first-order valence-electron chi connectivity index (χ1n) is 7.21. The molecule has 0 radical (unpaired) electrons. The fraction of sp³-hybridized carbons (Fsp3) is 0. The molecule has 0 saturated heterocycles. The highest BCUT2D eigenvalue weighted by Crippen LogP contribution is 2.37. The first-order valence-corrected chi connectivity index (χ1v) is 7.21. The van der Waals surface area contributed by atoms with E-state index in [9.17, 15) is 9.59 Å². The molecule has 0 atom stereocenters. The van der Waals surface area contributed by atoms with Gasteiger partial charge in [0.05, 0.1) is 0 Å². The first-order chi connectivity index (χ1) is 10.7. The van der Waals surface area contributed by atoms with Crippen LogP contribution in [0, 0.1) is 0 Å². The number of hydrogen-bond donors (Lipinski definition) is 0. The zero-order valence-electron chi connectivity index (χ0n) is 11.6. The minimum absolute atomic E-state index is 0.407. The van der Waals surface area contributed by atoms with Crippen LogP contribution in [0.5, 0.6) is 0 Å². The normalized spacial score (nSPS) is 12.0. The van der Waals surface area contributed by atoms with Crippen molar-refractivity contribution in [1.82, 2.24) is 0 Å². The van der Waals surface area contributed by atoms with Crippen LogP contribution in [-0.2, 0) is 0 Å². The number of fused-ring (bicyclic) bond motifs is 2. The van der Waals surface area contributed by atoms with Crippen molar-refractivity contribution in [2.75, 3.05) is 0 Å². The Morgan fingerprint density at radius 1 is 0.545 bits per heavy atom. The summed E-state index contributed by atoms with van der Waals surface area (Å²) in [5.74, 6) is 0. The standard InChI is InChI=1S/C20H10O2/c21-16-9-7-14-10-13-5-4-11-2-1-3-12-6-8-15(18(13)17(11)12)19(14)20(16)22/h1-10H. The predicted octanol–water partition coefficient (Wildman–Crippen LogP) is 3.90. The smallest absolute Gasteiger partial charge is 0.234 e. The molecular formula is C20H10O2. The van der Waals surface area contributed by atoms with Crippen LogP contribution in [0.15, 0.2) is 70.3 Å². The topological polar surface area (TPSA) is 34.1 Å². The van der Waals surface area contributed by atoms with E-state index in [4.69, 9.17) is 0 Å². The Hall–Kier alpha value is -3.00. The van der Waals surface area contributed by atoms with Crippen molar-refractivity contribution in [2.24, 2.45) is 0 Å². The van der Waals surface area contributed by atoms with Crippen LogP contribution in [0.1, 0.15) is 0 Å². The molecule has 5 aromatic carbocycles. The van der Waals surface area contributed by atoms with Gasteiger partial charge in [-0.1, -0.05) is 48.5 Å². The number of hydrogen-bond acceptors (Lipinski definition) is 2. The summed E-state index contributed by atoms with van der Waals surface area (Å²) < 4.78 is 0. The van der Waals surface area contributed by atoms with E-state index in [0.717, 1.165) is 37.7 Å². The summed E-state index contributed by atoms with van der Waals surface area (Å²) in [5, 5.41) is 7.89. The molecule has 5 rings (SSSR count). The third-order valence-corrected chi connectivity index (χ3v) is 4.54. The molecule has 0 bridgehead atoms. The second-order valence-electron chi connectivity index (χ2n) is 5.72. The highest BCUT2D eigenvalue weighted by atomic mass is 16.2. The Kier molecular flexibility index (Phi) is 2.01. The second kappa shape index (κ2) is 3.80. The zero-order valence-corrected chi connectivity index (χ0v) is 11.6. The van der Waals surface area contributed by atoms with Crippen LogP contribution >= 0.6 is 0 Å². The van der Waals surface area contributed by atoms with Gasteiger partial charge in [-0.2, -0.15) is 0 Å². The minimum atomic E-state index is -0.442. The van der Waals surface area contributed by atoms with E-state index in [1.54, 1.807) is 6.07 Å². The molecule has 0 spiro atoms. The SMILES string of the molecule is O=c1ccc2cc3ccc4cccc5ccc(c2c1=O)c3c45. The summed E-state index contributed by atoms with van der Waals surface area (Å²) in [6, 6.07) is 19.5. The van der Waals surface area contributed by atoms with Gasteiger partial charge >= 0.3 is 0 Å². The summed E-state index contributed by atoms with van der Waals surface area (Å²) in [6.07, 6.45) is 0. The van der Waals surface area contributed by atoms with Crippen LogP contribution in [0.3, 0.4) is 0 Å². The van der Waals surface area contributed by atoms with E-state index < -0.39 is 10.9 Å². The fourth-order valence-electron chi connectivity index (χ4n) is 3.58. The fourth-order valence-corrected chi connectivity index (χ4v) is 3.58. The van der Waals surface area contributed by atoms with E-state index in [-0.39, 0.29) is 0 Å². The third kappa shape index (κ3) is 1.29. The highest BCUT2D eigenvalue weighted by Gasteiger charge is 2.13. The predicted molar refractivity (Wildman–Crippen MR) is 91.4 cm³/mol. The molecule has 0 aliphatic heterocycles. The Morgan fingerprint density at radius 2 is 1.18 bits per heavy atom. The van der Waals surface area contributed by atoms with Crippen LogP contribution in [0.4, 0.5) is 0 Å². The van der Waals surface area contributed by atoms with Crippen molar-refractivity contribution in [3.63, 3.8) is 0 Å². The van der Waals surface area contributed by atoms with Gasteiger partial charge in [-0.25, -0.2) is 0 Å². The molecule has 102 valence electrons. The lowest BCUT2D eigenvalue weighted by atomic mass is 9.91. The lowest BCUT2D eigenvalue weighted by Gasteiger charge is -2.12. The highest BCUT2D eigenvalue weighted by molar-refractivity contribution is 6.28. The molecule has 0 amide bonds. The lowest BCUT2D eigenvalue weighted by molar-refractivity contribution is 1.55. The first kappa shape index (κ1) is 11.6. The van der Waals surface area contributed by atoms with E-state index in [0.29, 0.717) is 5.39 Å². The average Bonchev–Trinajstić information content (AvgIpc) is 2.55. The maximum absolute atomic E-state index is 12.4. The molecule has 2 heteroatoms. The maximum Gasteiger partial charge on any atom is 0.234 e. The number of benzene rings is 5. The zero-order chi connectivity index (χ0) is 14.8. The molecule has 0 aliphatic carbocycles. The van der Waals surface area contributed by atoms with E-state index in [1.807, 2.05) is 24.3 Å². The van der Waals surface area contributed by atoms with Crippen molar-refractivity contribution >= 4 is 43.1 Å². The van der Waals surface area contributed by atoms with Crippen molar-refractivity contribution in [3.05, 3.63) is 81.1 Å². The van der Waals surface area contributed by atoms with Gasteiger partial charge in [-0.3, -0.25) is 9.59 Å². The summed E-state index contributed by atoms with van der Waals surface area (Å²) in [5.41, 5.74) is -0.849. The summed E-state index contributed by atoms with van der Waals surface area (Å²) in [7, 11) is 0. The minimum Gasteiger partial charge on any atom is -0.286 e. The summed E-state index contributed by atoms with van der Waals surface area (Å²) in [6.45, 7) is 0. The monoisotopic (exact) mass is 282 g/mol. The van der Waals surface area contributed by atoms with E-state index >= 15 is 0 Å². The molecule has 0 fully saturated rings. The van der Waals surface area contributed by atoms with Crippen LogP contribution < -0.4 is 10.9 Å². The van der Waals surface area contributed by atoms with Crippen molar-refractivity contribution in [3.8, 4) is 0 Å². The molecule has 0 heterocycles. The molecule has 0 saturated carbocycles. The molecule has 22 heavy (non-hydrogen) atoms. The van der Waals surface area contributed by atoms with Crippen LogP contribution in [-0.4, -0.2) is 0 Å². The third-order valence-electron chi connectivity index (χ3n) is 4.54. The Labute approximate surface area is 124 Å². The molecule has 0 aromatic heterocycles. The van der Waals surface area contributed by atoms with E-state index in [2.05, 4.69) is 24.3 Å². The molecule has 0 unspecified atom stereocenters.